The van der Waals surface area contributed by atoms with Gasteiger partial charge in [-0.2, -0.15) is 0 Å². The van der Waals surface area contributed by atoms with Crippen LogP contribution in [0.1, 0.15) is 43.7 Å². The Morgan fingerprint density at radius 3 is 2.50 bits per heavy atom. The average molecular weight is 356 g/mol. The van der Waals surface area contributed by atoms with Gasteiger partial charge in [-0.1, -0.05) is 32.0 Å². The van der Waals surface area contributed by atoms with Gasteiger partial charge in [0.05, 0.1) is 11.5 Å². The highest BCUT2D eigenvalue weighted by Crippen LogP contribution is 2.25. The van der Waals surface area contributed by atoms with Crippen molar-refractivity contribution in [3.8, 4) is 5.75 Å². The summed E-state index contributed by atoms with van der Waals surface area (Å²) in [5.41, 5.74) is 2.14. The molecule has 0 spiro atoms. The second-order valence-corrected chi connectivity index (χ2v) is 6.50. The number of anilines is 1. The van der Waals surface area contributed by atoms with E-state index in [0.29, 0.717) is 18.9 Å². The van der Waals surface area contributed by atoms with Crippen LogP contribution in [0.25, 0.3) is 0 Å². The number of nitrogens with zero attached hydrogens (tertiary/aromatic N) is 1. The molecule has 0 fully saturated rings. The quantitative estimate of drug-likeness (QED) is 0.417. The van der Waals surface area contributed by atoms with Crippen molar-refractivity contribution in [2.75, 3.05) is 11.9 Å². The molecule has 0 unspecified atom stereocenters. The van der Waals surface area contributed by atoms with E-state index in [1.807, 2.05) is 24.3 Å². The fraction of sp³-hybridized carbons (Fsp3) is 0.350. The van der Waals surface area contributed by atoms with Gasteiger partial charge in [0.15, 0.2) is 0 Å². The van der Waals surface area contributed by atoms with Gasteiger partial charge in [-0.25, -0.2) is 0 Å². The highest BCUT2D eigenvalue weighted by atomic mass is 16.6. The second kappa shape index (κ2) is 8.99. The van der Waals surface area contributed by atoms with Crippen molar-refractivity contribution in [3.63, 3.8) is 0 Å². The number of carbonyl (C=O) groups is 1. The summed E-state index contributed by atoms with van der Waals surface area (Å²) in [6.07, 6.45) is 0.756. The van der Waals surface area contributed by atoms with Crippen LogP contribution in [-0.4, -0.2) is 17.4 Å². The van der Waals surface area contributed by atoms with Gasteiger partial charge in [-0.05, 0) is 48.6 Å². The molecule has 0 aliphatic heterocycles. The molecule has 2 aromatic rings. The largest absolute Gasteiger partial charge is 0.494 e. The van der Waals surface area contributed by atoms with E-state index in [0.717, 1.165) is 11.3 Å². The lowest BCUT2D eigenvalue weighted by molar-refractivity contribution is -0.384. The number of nitro benzene ring substituents is 1. The van der Waals surface area contributed by atoms with Crippen molar-refractivity contribution in [1.82, 2.24) is 0 Å². The molecule has 0 atom stereocenters. The summed E-state index contributed by atoms with van der Waals surface area (Å²) in [6.45, 7) is 6.44. The maximum absolute atomic E-state index is 12.0. The van der Waals surface area contributed by atoms with Gasteiger partial charge in [-0.15, -0.1) is 0 Å². The zero-order valence-electron chi connectivity index (χ0n) is 15.3. The number of hydrogen-bond acceptors (Lipinski definition) is 4. The summed E-state index contributed by atoms with van der Waals surface area (Å²) in [7, 11) is 0. The predicted octanol–water partition coefficient (Wildman–Crippen LogP) is 4.82. The molecule has 2 rings (SSSR count). The van der Waals surface area contributed by atoms with Gasteiger partial charge in [0.2, 0.25) is 5.91 Å². The number of rotatable bonds is 8. The van der Waals surface area contributed by atoms with E-state index < -0.39 is 4.92 Å². The first-order valence-corrected chi connectivity index (χ1v) is 8.64. The summed E-state index contributed by atoms with van der Waals surface area (Å²) in [5.74, 6) is 0.971. The van der Waals surface area contributed by atoms with Crippen molar-refractivity contribution in [2.24, 2.45) is 0 Å². The number of ether oxygens (including phenoxy) is 1. The minimum atomic E-state index is -0.494. The Morgan fingerprint density at radius 2 is 1.88 bits per heavy atom. The fourth-order valence-corrected chi connectivity index (χ4v) is 2.48. The zero-order chi connectivity index (χ0) is 19.1. The minimum Gasteiger partial charge on any atom is -0.494 e. The van der Waals surface area contributed by atoms with Crippen LogP contribution < -0.4 is 10.1 Å². The van der Waals surface area contributed by atoms with Gasteiger partial charge >= 0.3 is 0 Å². The van der Waals surface area contributed by atoms with E-state index in [1.54, 1.807) is 19.1 Å². The lowest BCUT2D eigenvalue weighted by atomic mass is 10.0. The third kappa shape index (κ3) is 5.58. The lowest BCUT2D eigenvalue weighted by Crippen LogP contribution is -2.14. The normalized spacial score (nSPS) is 10.6. The third-order valence-electron chi connectivity index (χ3n) is 3.99. The molecule has 0 aromatic heterocycles. The van der Waals surface area contributed by atoms with Crippen LogP contribution in [0.15, 0.2) is 42.5 Å². The van der Waals surface area contributed by atoms with E-state index in [4.69, 9.17) is 4.74 Å². The number of hydrogen-bond donors (Lipinski definition) is 1. The molecule has 0 radical (unpaired) electrons. The molecule has 26 heavy (non-hydrogen) atoms. The topological polar surface area (TPSA) is 81.5 Å². The van der Waals surface area contributed by atoms with Crippen molar-refractivity contribution in [1.29, 1.82) is 0 Å². The predicted molar refractivity (Wildman–Crippen MR) is 102 cm³/mol. The van der Waals surface area contributed by atoms with E-state index in [1.165, 1.54) is 11.6 Å². The Balaban J connectivity index is 1.80. The molecule has 1 amide bonds. The van der Waals surface area contributed by atoms with Crippen LogP contribution in [0, 0.1) is 17.0 Å². The molecule has 1 N–H and O–H groups in total. The van der Waals surface area contributed by atoms with E-state index in [-0.39, 0.29) is 23.7 Å². The number of carbonyl (C=O) groups excluding carboxylic acids is 1. The summed E-state index contributed by atoms with van der Waals surface area (Å²) in [4.78, 5) is 22.6. The molecule has 2 aromatic carbocycles. The maximum Gasteiger partial charge on any atom is 0.293 e. The monoisotopic (exact) mass is 356 g/mol. The highest BCUT2D eigenvalue weighted by Gasteiger charge is 2.15. The van der Waals surface area contributed by atoms with Crippen molar-refractivity contribution in [2.45, 2.75) is 39.5 Å². The van der Waals surface area contributed by atoms with Crippen LogP contribution in [-0.2, 0) is 4.79 Å². The third-order valence-corrected chi connectivity index (χ3v) is 3.99. The zero-order valence-corrected chi connectivity index (χ0v) is 15.3. The van der Waals surface area contributed by atoms with Gasteiger partial charge in [0.25, 0.3) is 5.69 Å². The number of nitro groups is 1. The first-order valence-electron chi connectivity index (χ1n) is 8.64. The lowest BCUT2D eigenvalue weighted by Gasteiger charge is -2.09. The second-order valence-electron chi connectivity index (χ2n) is 6.50. The smallest absolute Gasteiger partial charge is 0.293 e. The Labute approximate surface area is 153 Å². The standard InChI is InChI=1S/C20H24N2O4/c1-14(2)16-7-9-17(10-8-16)26-12-4-5-20(23)21-18-11-6-15(3)13-19(18)22(24)25/h6-11,13-14H,4-5,12H2,1-3H3,(H,21,23). The Kier molecular flexibility index (Phi) is 6.72. The van der Waals surface area contributed by atoms with Crippen molar-refractivity contribution in [3.05, 3.63) is 63.7 Å². The van der Waals surface area contributed by atoms with Gasteiger partial charge in [0.1, 0.15) is 11.4 Å². The number of amides is 1. The van der Waals surface area contributed by atoms with E-state index >= 15 is 0 Å². The molecule has 0 saturated heterocycles. The summed E-state index contributed by atoms with van der Waals surface area (Å²) in [6, 6.07) is 12.6. The summed E-state index contributed by atoms with van der Waals surface area (Å²) < 4.78 is 5.63. The first-order chi connectivity index (χ1) is 12.4. The molecule has 0 bridgehead atoms. The first kappa shape index (κ1) is 19.4. The van der Waals surface area contributed by atoms with E-state index in [2.05, 4.69) is 19.2 Å². The number of aryl methyl sites for hydroxylation is 1. The van der Waals surface area contributed by atoms with Crippen molar-refractivity contribution < 1.29 is 14.5 Å². The maximum atomic E-state index is 12.0. The Bertz CT molecular complexity index is 770. The SMILES string of the molecule is Cc1ccc(NC(=O)CCCOc2ccc(C(C)C)cc2)c([N+](=O)[O-])c1. The van der Waals surface area contributed by atoms with E-state index in [9.17, 15) is 14.9 Å². The van der Waals surface area contributed by atoms with Gasteiger partial charge in [-0.3, -0.25) is 14.9 Å². The number of benzene rings is 2. The van der Waals surface area contributed by atoms with Gasteiger partial charge in [0, 0.05) is 12.5 Å². The molecule has 0 heterocycles. The average Bonchev–Trinajstić information content (AvgIpc) is 2.60. The molecule has 0 aliphatic carbocycles. The van der Waals surface area contributed by atoms with Crippen LogP contribution in [0.2, 0.25) is 0 Å². The molecule has 0 aliphatic rings. The van der Waals surface area contributed by atoms with Crippen LogP contribution in [0.4, 0.5) is 11.4 Å². The molecule has 0 saturated carbocycles. The van der Waals surface area contributed by atoms with Crippen LogP contribution >= 0.6 is 0 Å². The van der Waals surface area contributed by atoms with Crippen LogP contribution in [0.5, 0.6) is 5.75 Å². The molecule has 6 nitrogen and oxygen atoms in total. The Hall–Kier alpha value is -2.89. The van der Waals surface area contributed by atoms with Crippen molar-refractivity contribution >= 4 is 17.3 Å². The fourth-order valence-electron chi connectivity index (χ4n) is 2.48. The summed E-state index contributed by atoms with van der Waals surface area (Å²) >= 11 is 0. The number of nitrogens with one attached hydrogen (secondary N) is 1. The Morgan fingerprint density at radius 1 is 1.19 bits per heavy atom. The van der Waals surface area contributed by atoms with Gasteiger partial charge < -0.3 is 10.1 Å². The minimum absolute atomic E-state index is 0.0974. The highest BCUT2D eigenvalue weighted by molar-refractivity contribution is 5.93. The van der Waals surface area contributed by atoms with Crippen LogP contribution in [0.3, 0.4) is 0 Å². The molecular weight excluding hydrogens is 332 g/mol. The molecule has 6 heteroatoms. The molecule has 138 valence electrons. The molecular formula is C20H24N2O4. The summed E-state index contributed by atoms with van der Waals surface area (Å²) in [5, 5.41) is 13.7.